The van der Waals surface area contributed by atoms with Crippen molar-refractivity contribution in [2.75, 3.05) is 0 Å². The number of carbonyl (C=O) groups is 4. The van der Waals surface area contributed by atoms with Gasteiger partial charge in [0.25, 0.3) is 0 Å². The molecule has 0 aromatic heterocycles. The molecule has 7 rings (SSSR count). The van der Waals surface area contributed by atoms with E-state index in [1.54, 1.807) is 44.2 Å². The molecule has 3 aromatic rings. The van der Waals surface area contributed by atoms with Gasteiger partial charge >= 0.3 is 5.97 Å². The van der Waals surface area contributed by atoms with Gasteiger partial charge in [-0.3, -0.25) is 19.3 Å². The predicted octanol–water partition coefficient (Wildman–Crippen LogP) is 5.42. The third kappa shape index (κ3) is 3.42. The summed E-state index contributed by atoms with van der Waals surface area (Å²) < 4.78 is 5.60. The third-order valence-corrected chi connectivity index (χ3v) is 9.78. The highest BCUT2D eigenvalue weighted by molar-refractivity contribution is 6.36. The summed E-state index contributed by atoms with van der Waals surface area (Å²) in [5.41, 5.74) is 3.12. The second kappa shape index (κ2) is 9.28. The molecule has 0 saturated carbocycles. The van der Waals surface area contributed by atoms with Gasteiger partial charge in [0.05, 0.1) is 11.8 Å². The molecule has 4 atom stereocenters. The van der Waals surface area contributed by atoms with Crippen molar-refractivity contribution in [1.82, 2.24) is 4.90 Å². The van der Waals surface area contributed by atoms with Crippen LogP contribution in [0.1, 0.15) is 53.4 Å². The van der Waals surface area contributed by atoms with Crippen molar-refractivity contribution in [3.63, 3.8) is 0 Å². The van der Waals surface area contributed by atoms with Crippen molar-refractivity contribution in [2.24, 2.45) is 17.8 Å². The molecule has 1 aliphatic heterocycles. The van der Waals surface area contributed by atoms with Gasteiger partial charge in [-0.1, -0.05) is 92.7 Å². The molecule has 2 amide bonds. The van der Waals surface area contributed by atoms with Gasteiger partial charge < -0.3 is 4.74 Å². The van der Waals surface area contributed by atoms with E-state index in [4.69, 9.17) is 27.9 Å². The highest BCUT2D eigenvalue weighted by atomic mass is 35.5. The zero-order valence-corrected chi connectivity index (χ0v) is 23.6. The summed E-state index contributed by atoms with van der Waals surface area (Å²) in [6, 6.07) is 21.9. The molecule has 4 aliphatic rings. The number of imide groups is 1. The van der Waals surface area contributed by atoms with E-state index in [2.05, 4.69) is 0 Å². The minimum absolute atomic E-state index is 0.382. The minimum atomic E-state index is -1.35. The molecule has 2 bridgehead atoms. The number of benzene rings is 3. The number of hydrogen-bond donors (Lipinski definition) is 0. The number of likely N-dealkylation sites (tertiary alicyclic amines) is 1. The first-order valence-electron chi connectivity index (χ1n) is 13.3. The maximum Gasteiger partial charge on any atom is 0.330 e. The highest BCUT2D eigenvalue weighted by Gasteiger charge is 2.74. The molecule has 204 valence electrons. The van der Waals surface area contributed by atoms with E-state index in [-0.39, 0.29) is 5.78 Å². The summed E-state index contributed by atoms with van der Waals surface area (Å²) in [7, 11) is 0. The number of ketones is 1. The van der Waals surface area contributed by atoms with Crippen LogP contribution in [0.3, 0.4) is 0 Å². The number of rotatable bonds is 6. The number of esters is 1. The van der Waals surface area contributed by atoms with E-state index in [1.165, 1.54) is 6.92 Å². The predicted molar refractivity (Wildman–Crippen MR) is 150 cm³/mol. The topological polar surface area (TPSA) is 80.8 Å². The largest absolute Gasteiger partial charge is 0.453 e. The van der Waals surface area contributed by atoms with E-state index < -0.39 is 57.4 Å². The average molecular weight is 576 g/mol. The highest BCUT2D eigenvalue weighted by Crippen LogP contribution is 2.69. The van der Waals surface area contributed by atoms with Crippen LogP contribution in [0.4, 0.5) is 0 Å². The van der Waals surface area contributed by atoms with Crippen molar-refractivity contribution < 1.29 is 23.9 Å². The lowest BCUT2D eigenvalue weighted by atomic mass is 9.54. The molecule has 8 heteroatoms. The fraction of sp³-hybridized carbons (Fsp3) is 0.312. The minimum Gasteiger partial charge on any atom is -0.453 e. The second-order valence-electron chi connectivity index (χ2n) is 11.0. The van der Waals surface area contributed by atoms with E-state index in [0.717, 1.165) is 4.90 Å². The first kappa shape index (κ1) is 26.7. The number of carbonyl (C=O) groups excluding carboxylic acids is 4. The number of ether oxygens (including phenoxy) is 1. The average Bonchev–Trinajstić information content (AvgIpc) is 3.22. The number of halogens is 2. The Morgan fingerprint density at radius 2 is 1.12 bits per heavy atom. The monoisotopic (exact) mass is 575 g/mol. The van der Waals surface area contributed by atoms with Crippen LogP contribution in [0.25, 0.3) is 0 Å². The Balaban J connectivity index is 1.41. The first-order valence-corrected chi connectivity index (χ1v) is 14.0. The van der Waals surface area contributed by atoms with Crippen molar-refractivity contribution in [3.8, 4) is 0 Å². The molecule has 40 heavy (non-hydrogen) atoms. The summed E-state index contributed by atoms with van der Waals surface area (Å²) in [4.78, 5) is 53.4. The number of Topliss-reactive ketones (excluding diaryl/α,β-unsaturated/α-hetero) is 1. The lowest BCUT2D eigenvalue weighted by molar-refractivity contribution is -0.162. The first-order chi connectivity index (χ1) is 19.0. The van der Waals surface area contributed by atoms with Crippen molar-refractivity contribution in [2.45, 2.75) is 42.7 Å². The van der Waals surface area contributed by atoms with Crippen LogP contribution in [0.5, 0.6) is 0 Å². The Bertz CT molecular complexity index is 1450. The van der Waals surface area contributed by atoms with Crippen LogP contribution < -0.4 is 0 Å². The Hall–Kier alpha value is -3.48. The molecule has 0 spiro atoms. The van der Waals surface area contributed by atoms with Gasteiger partial charge in [-0.25, -0.2) is 4.79 Å². The normalized spacial score (nSPS) is 27.6. The van der Waals surface area contributed by atoms with Crippen LogP contribution in [-0.2, 0) is 28.9 Å². The number of alkyl halides is 2. The number of amides is 2. The van der Waals surface area contributed by atoms with E-state index in [0.29, 0.717) is 27.8 Å². The van der Waals surface area contributed by atoms with Crippen LogP contribution >= 0.6 is 23.2 Å². The molecule has 1 saturated heterocycles. The lowest BCUT2D eigenvalue weighted by Gasteiger charge is -2.54. The summed E-state index contributed by atoms with van der Waals surface area (Å²) >= 11 is 15.0. The summed E-state index contributed by atoms with van der Waals surface area (Å²) in [5, 5.41) is 0. The quantitative estimate of drug-likeness (QED) is 0.170. The molecule has 0 radical (unpaired) electrons. The fourth-order valence-corrected chi connectivity index (χ4v) is 7.87. The van der Waals surface area contributed by atoms with Crippen LogP contribution in [-0.4, -0.2) is 40.6 Å². The van der Waals surface area contributed by atoms with Gasteiger partial charge in [-0.15, -0.1) is 23.2 Å². The molecule has 6 nitrogen and oxygen atoms in total. The summed E-state index contributed by atoms with van der Waals surface area (Å²) in [6.07, 6.45) is -1.12. The Labute approximate surface area is 242 Å². The molecule has 0 unspecified atom stereocenters. The smallest absolute Gasteiger partial charge is 0.330 e. The van der Waals surface area contributed by atoms with Crippen molar-refractivity contribution >= 4 is 46.8 Å². The third-order valence-electron chi connectivity index (χ3n) is 8.49. The SMILES string of the molecule is CC(C)[C@@H](C(=O)O[C@@H](C)C(=O)c1ccccc1)N1C(=O)[C@@H]2[C@H](C1=O)C1(Cl)c3ccccc3C2(Cl)c2ccccc21. The van der Waals surface area contributed by atoms with Crippen molar-refractivity contribution in [1.29, 1.82) is 0 Å². The lowest BCUT2D eigenvalue weighted by Crippen LogP contribution is -2.57. The van der Waals surface area contributed by atoms with E-state index in [1.807, 2.05) is 48.5 Å². The molecule has 1 heterocycles. The molecule has 3 aromatic carbocycles. The van der Waals surface area contributed by atoms with E-state index >= 15 is 0 Å². The Morgan fingerprint density at radius 3 is 1.52 bits per heavy atom. The maximum atomic E-state index is 14.3. The molecular weight excluding hydrogens is 549 g/mol. The van der Waals surface area contributed by atoms with Gasteiger partial charge in [0.2, 0.25) is 17.6 Å². The molecule has 1 fully saturated rings. The Kier molecular flexibility index (Phi) is 6.20. The fourth-order valence-electron chi connectivity index (χ4n) is 6.77. The van der Waals surface area contributed by atoms with Crippen LogP contribution in [0.15, 0.2) is 78.9 Å². The standard InChI is InChI=1S/C32H27Cl2NO5/c1-17(2)26(30(39)40-18(3)27(36)19-11-5-4-6-12-19)35-28(37)24-25(29(35)38)32(34)21-14-8-7-13-20(21)31(24,33)22-15-9-10-16-23(22)32/h4-18,24-26H,1-3H3/t18-,24-,25+,26-,31?,32?/m0/s1. The Morgan fingerprint density at radius 1 is 0.725 bits per heavy atom. The van der Waals surface area contributed by atoms with Gasteiger partial charge in [-0.2, -0.15) is 0 Å². The van der Waals surface area contributed by atoms with Gasteiger partial charge in [0.1, 0.15) is 15.8 Å². The molecule has 3 aliphatic carbocycles. The number of hydrogen-bond acceptors (Lipinski definition) is 5. The van der Waals surface area contributed by atoms with Crippen molar-refractivity contribution in [3.05, 3.63) is 107 Å². The summed E-state index contributed by atoms with van der Waals surface area (Å²) in [5.74, 6) is -4.91. The van der Waals surface area contributed by atoms with Crippen LogP contribution in [0, 0.1) is 17.8 Å². The zero-order valence-electron chi connectivity index (χ0n) is 22.1. The second-order valence-corrected chi connectivity index (χ2v) is 12.2. The maximum absolute atomic E-state index is 14.3. The van der Waals surface area contributed by atoms with E-state index in [9.17, 15) is 19.2 Å². The number of nitrogens with zero attached hydrogens (tertiary/aromatic N) is 1. The zero-order chi connectivity index (χ0) is 28.6. The van der Waals surface area contributed by atoms with Gasteiger partial charge in [-0.05, 0) is 35.1 Å². The van der Waals surface area contributed by atoms with Gasteiger partial charge in [0.15, 0.2) is 6.10 Å². The molecular formula is C32H27Cl2NO5. The molecule has 0 N–H and O–H groups in total. The van der Waals surface area contributed by atoms with Crippen LogP contribution in [0.2, 0.25) is 0 Å². The van der Waals surface area contributed by atoms with Gasteiger partial charge in [0, 0.05) is 5.56 Å². The summed E-state index contributed by atoms with van der Waals surface area (Å²) in [6.45, 7) is 4.93.